The Morgan fingerprint density at radius 1 is 1.15 bits per heavy atom. The van der Waals surface area contributed by atoms with Gasteiger partial charge >= 0.3 is 0 Å². The van der Waals surface area contributed by atoms with Gasteiger partial charge in [-0.3, -0.25) is 19.7 Å². The van der Waals surface area contributed by atoms with E-state index in [9.17, 15) is 19.7 Å². The van der Waals surface area contributed by atoms with Crippen molar-refractivity contribution in [1.29, 1.82) is 0 Å². The molecular formula is C23H23N5O5S. The fraction of sp³-hybridized carbons (Fsp3) is 0.261. The predicted molar refractivity (Wildman–Crippen MR) is 129 cm³/mol. The van der Waals surface area contributed by atoms with Gasteiger partial charge in [-0.1, -0.05) is 18.2 Å². The number of fused-ring (bicyclic) bond motifs is 1. The molecular weight excluding hydrogens is 458 g/mol. The number of thioether (sulfide) groups is 1. The molecule has 0 unspecified atom stereocenters. The van der Waals surface area contributed by atoms with E-state index in [1.807, 2.05) is 35.0 Å². The normalized spacial score (nSPS) is 13.9. The van der Waals surface area contributed by atoms with Gasteiger partial charge in [0.25, 0.3) is 5.69 Å². The SMILES string of the molecule is O=C(CSc1ccc([N+](=O)[O-])cc1)NN=Cc1cn(CC(=O)N2CCOCC2)c2ccccc12. The molecule has 11 heteroatoms. The van der Waals surface area contributed by atoms with E-state index in [4.69, 9.17) is 4.74 Å². The quantitative estimate of drug-likeness (QED) is 0.229. The minimum atomic E-state index is -0.467. The summed E-state index contributed by atoms with van der Waals surface area (Å²) in [7, 11) is 0. The lowest BCUT2D eigenvalue weighted by atomic mass is 10.2. The van der Waals surface area contributed by atoms with Gasteiger partial charge in [0.1, 0.15) is 6.54 Å². The van der Waals surface area contributed by atoms with Gasteiger partial charge in [0.15, 0.2) is 0 Å². The van der Waals surface area contributed by atoms with Crippen LogP contribution < -0.4 is 5.43 Å². The Hall–Kier alpha value is -3.70. The summed E-state index contributed by atoms with van der Waals surface area (Å²) in [5.74, 6) is -0.153. The maximum atomic E-state index is 12.7. The standard InChI is InChI=1S/C23H23N5O5S/c29-22(16-34-19-7-5-18(6-8-19)28(31)32)25-24-13-17-14-27(21-4-2-1-3-20(17)21)15-23(30)26-9-11-33-12-10-26/h1-8,13-14H,9-12,15-16H2,(H,25,29). The fourth-order valence-corrected chi connectivity index (χ4v) is 4.28. The van der Waals surface area contributed by atoms with E-state index >= 15 is 0 Å². The van der Waals surface area contributed by atoms with Crippen LogP contribution in [0, 0.1) is 10.1 Å². The maximum Gasteiger partial charge on any atom is 0.269 e. The summed E-state index contributed by atoms with van der Waals surface area (Å²) in [6.45, 7) is 2.51. The highest BCUT2D eigenvalue weighted by atomic mass is 32.2. The highest BCUT2D eigenvalue weighted by molar-refractivity contribution is 8.00. The molecule has 0 radical (unpaired) electrons. The Morgan fingerprint density at radius 3 is 2.62 bits per heavy atom. The van der Waals surface area contributed by atoms with Crippen molar-refractivity contribution in [3.8, 4) is 0 Å². The number of hydrogen-bond acceptors (Lipinski definition) is 7. The van der Waals surface area contributed by atoms with Crippen molar-refractivity contribution in [2.24, 2.45) is 5.10 Å². The number of nitrogens with one attached hydrogen (secondary N) is 1. The van der Waals surface area contributed by atoms with Crippen molar-refractivity contribution < 1.29 is 19.2 Å². The number of amides is 2. The number of non-ortho nitro benzene ring substituents is 1. The first-order chi connectivity index (χ1) is 16.5. The fourth-order valence-electron chi connectivity index (χ4n) is 3.59. The lowest BCUT2D eigenvalue weighted by molar-refractivity contribution is -0.384. The van der Waals surface area contributed by atoms with E-state index in [0.717, 1.165) is 21.4 Å². The largest absolute Gasteiger partial charge is 0.378 e. The first-order valence-corrected chi connectivity index (χ1v) is 11.6. The van der Waals surface area contributed by atoms with Crippen LogP contribution in [0.2, 0.25) is 0 Å². The first kappa shape index (κ1) is 23.5. The molecule has 176 valence electrons. The summed E-state index contributed by atoms with van der Waals surface area (Å²) in [4.78, 5) is 37.6. The third-order valence-corrected chi connectivity index (χ3v) is 6.31. The van der Waals surface area contributed by atoms with Gasteiger partial charge in [0.2, 0.25) is 11.8 Å². The molecule has 0 saturated carbocycles. The number of rotatable bonds is 8. The van der Waals surface area contributed by atoms with Crippen molar-refractivity contribution in [3.05, 3.63) is 70.4 Å². The smallest absolute Gasteiger partial charge is 0.269 e. The predicted octanol–water partition coefficient (Wildman–Crippen LogP) is 2.65. The molecule has 0 atom stereocenters. The van der Waals surface area contributed by atoms with Gasteiger partial charge < -0.3 is 14.2 Å². The number of para-hydroxylation sites is 1. The molecule has 0 spiro atoms. The molecule has 1 aliphatic rings. The number of hydrogen-bond donors (Lipinski definition) is 1. The Kier molecular flexibility index (Phi) is 7.55. The number of nitro benzene ring substituents is 1. The average Bonchev–Trinajstić information content (AvgIpc) is 3.21. The molecule has 1 aliphatic heterocycles. The van der Waals surface area contributed by atoms with Crippen LogP contribution in [-0.4, -0.2) is 64.5 Å². The second-order valence-corrected chi connectivity index (χ2v) is 8.60. The number of benzene rings is 2. The van der Waals surface area contributed by atoms with Gasteiger partial charge in [-0.25, -0.2) is 5.43 Å². The van der Waals surface area contributed by atoms with Gasteiger partial charge in [0.05, 0.1) is 30.1 Å². The van der Waals surface area contributed by atoms with Crippen molar-refractivity contribution in [3.63, 3.8) is 0 Å². The lowest BCUT2D eigenvalue weighted by Gasteiger charge is -2.27. The summed E-state index contributed by atoms with van der Waals surface area (Å²) in [5, 5.41) is 15.7. The summed E-state index contributed by atoms with van der Waals surface area (Å²) < 4.78 is 7.20. The minimum absolute atomic E-state index is 0.00390. The summed E-state index contributed by atoms with van der Waals surface area (Å²) in [5.41, 5.74) is 4.20. The minimum Gasteiger partial charge on any atom is -0.378 e. The number of aromatic nitrogens is 1. The zero-order valence-corrected chi connectivity index (χ0v) is 19.1. The number of carbonyl (C=O) groups excluding carboxylic acids is 2. The average molecular weight is 482 g/mol. The third kappa shape index (κ3) is 5.80. The zero-order chi connectivity index (χ0) is 23.9. The van der Waals surface area contributed by atoms with Crippen LogP contribution >= 0.6 is 11.8 Å². The van der Waals surface area contributed by atoms with Crippen molar-refractivity contribution in [1.82, 2.24) is 14.9 Å². The molecule has 2 heterocycles. The van der Waals surface area contributed by atoms with Crippen LogP contribution in [0.15, 0.2) is 64.7 Å². The van der Waals surface area contributed by atoms with Crippen LogP contribution in [0.3, 0.4) is 0 Å². The van der Waals surface area contributed by atoms with E-state index in [1.165, 1.54) is 23.9 Å². The van der Waals surface area contributed by atoms with Crippen LogP contribution in [0.5, 0.6) is 0 Å². The summed E-state index contributed by atoms with van der Waals surface area (Å²) in [6.07, 6.45) is 3.41. The van der Waals surface area contributed by atoms with E-state index in [-0.39, 0.29) is 29.8 Å². The Morgan fingerprint density at radius 2 is 1.88 bits per heavy atom. The highest BCUT2D eigenvalue weighted by Gasteiger charge is 2.18. The number of carbonyl (C=O) groups is 2. The van der Waals surface area contributed by atoms with Gasteiger partial charge in [0, 0.05) is 52.8 Å². The molecule has 1 saturated heterocycles. The Labute approximate surface area is 199 Å². The summed E-state index contributed by atoms with van der Waals surface area (Å²) in [6, 6.07) is 13.7. The molecule has 0 bridgehead atoms. The third-order valence-electron chi connectivity index (χ3n) is 5.30. The van der Waals surface area contributed by atoms with Crippen LogP contribution in [0.1, 0.15) is 5.56 Å². The topological polar surface area (TPSA) is 119 Å². The van der Waals surface area contributed by atoms with Gasteiger partial charge in [-0.2, -0.15) is 5.10 Å². The van der Waals surface area contributed by atoms with Crippen LogP contribution in [0.4, 0.5) is 5.69 Å². The molecule has 10 nitrogen and oxygen atoms in total. The number of ether oxygens (including phenoxy) is 1. The lowest BCUT2D eigenvalue weighted by Crippen LogP contribution is -2.42. The van der Waals surface area contributed by atoms with Crippen LogP contribution in [-0.2, 0) is 20.9 Å². The van der Waals surface area contributed by atoms with Crippen LogP contribution in [0.25, 0.3) is 10.9 Å². The number of hydrazone groups is 1. The molecule has 1 fully saturated rings. The maximum absolute atomic E-state index is 12.7. The first-order valence-electron chi connectivity index (χ1n) is 10.6. The number of morpholine rings is 1. The number of nitrogens with zero attached hydrogens (tertiary/aromatic N) is 4. The Balaban J connectivity index is 1.36. The second-order valence-electron chi connectivity index (χ2n) is 7.56. The molecule has 0 aliphatic carbocycles. The monoisotopic (exact) mass is 481 g/mol. The van der Waals surface area contributed by atoms with Gasteiger partial charge in [-0.05, 0) is 18.2 Å². The van der Waals surface area contributed by atoms with E-state index in [2.05, 4.69) is 10.5 Å². The molecule has 2 amide bonds. The molecule has 1 N–H and O–H groups in total. The van der Waals surface area contributed by atoms with Crippen molar-refractivity contribution in [2.45, 2.75) is 11.4 Å². The van der Waals surface area contributed by atoms with Crippen molar-refractivity contribution >= 4 is 46.4 Å². The molecule has 1 aromatic heterocycles. The van der Waals surface area contributed by atoms with E-state index in [1.54, 1.807) is 23.2 Å². The molecule has 34 heavy (non-hydrogen) atoms. The summed E-state index contributed by atoms with van der Waals surface area (Å²) >= 11 is 1.26. The molecule has 3 aromatic rings. The van der Waals surface area contributed by atoms with E-state index in [0.29, 0.717) is 26.3 Å². The zero-order valence-electron chi connectivity index (χ0n) is 18.3. The second kappa shape index (κ2) is 10.9. The van der Waals surface area contributed by atoms with Crippen molar-refractivity contribution in [2.75, 3.05) is 32.1 Å². The van der Waals surface area contributed by atoms with Gasteiger partial charge in [-0.15, -0.1) is 11.8 Å². The molecule has 2 aromatic carbocycles. The highest BCUT2D eigenvalue weighted by Crippen LogP contribution is 2.22. The molecule has 4 rings (SSSR count). The van der Waals surface area contributed by atoms with E-state index < -0.39 is 4.92 Å². The Bertz CT molecular complexity index is 1220. The number of nitro groups is 1.